The summed E-state index contributed by atoms with van der Waals surface area (Å²) in [4.78, 5) is 23.5. The zero-order valence-corrected chi connectivity index (χ0v) is 30.9. The van der Waals surface area contributed by atoms with Gasteiger partial charge in [-0.1, -0.05) is 129 Å². The SMILES string of the molecule is CCCCCCCCCCCCOP(=O)([O-])OCCOP(=O)([O-])OCCCCCCCCCCCC.[Na+].[Na+]. The van der Waals surface area contributed by atoms with Crippen LogP contribution in [0.15, 0.2) is 0 Å². The molecule has 0 aromatic carbocycles. The summed E-state index contributed by atoms with van der Waals surface area (Å²) < 4.78 is 42.5. The third kappa shape index (κ3) is 34.4. The fraction of sp³-hybridized carbons (Fsp3) is 1.00. The number of rotatable bonds is 29. The van der Waals surface area contributed by atoms with E-state index in [4.69, 9.17) is 9.05 Å². The minimum Gasteiger partial charge on any atom is -0.756 e. The first-order chi connectivity index (χ1) is 17.3. The molecule has 0 saturated heterocycles. The fourth-order valence-corrected chi connectivity index (χ4v) is 5.36. The van der Waals surface area contributed by atoms with Crippen LogP contribution in [-0.2, 0) is 27.2 Å². The maximum absolute atomic E-state index is 11.7. The van der Waals surface area contributed by atoms with E-state index < -0.39 is 28.9 Å². The van der Waals surface area contributed by atoms with Crippen molar-refractivity contribution in [3.05, 3.63) is 0 Å². The van der Waals surface area contributed by atoms with Crippen molar-refractivity contribution in [2.45, 2.75) is 142 Å². The molecule has 2 unspecified atom stereocenters. The van der Waals surface area contributed by atoms with Gasteiger partial charge in [0.25, 0.3) is 15.6 Å². The Balaban J connectivity index is -0.00000612. The standard InChI is InChI=1S/C26H56O8P2.2Na/c1-3-5-7-9-11-13-15-17-19-21-23-31-35(27,28)33-25-26-34-36(29,30)32-24-22-20-18-16-14-12-10-8-6-4-2;;/h3-26H2,1-2H3,(H,27,28)(H,29,30);;/q;2*+1/p-2. The van der Waals surface area contributed by atoms with Crippen molar-refractivity contribution in [1.29, 1.82) is 0 Å². The Bertz CT molecular complexity index is 525. The average molecular weight is 603 g/mol. The monoisotopic (exact) mass is 602 g/mol. The Morgan fingerprint density at radius 1 is 0.395 bits per heavy atom. The van der Waals surface area contributed by atoms with Crippen molar-refractivity contribution in [2.24, 2.45) is 0 Å². The van der Waals surface area contributed by atoms with Gasteiger partial charge < -0.3 is 27.9 Å². The smallest absolute Gasteiger partial charge is 0.756 e. The molecule has 0 rings (SSSR count). The van der Waals surface area contributed by atoms with Crippen LogP contribution in [0.2, 0.25) is 0 Å². The van der Waals surface area contributed by atoms with Crippen molar-refractivity contribution in [1.82, 2.24) is 0 Å². The molecule has 38 heavy (non-hydrogen) atoms. The third-order valence-corrected chi connectivity index (χ3v) is 8.07. The molecule has 0 radical (unpaired) electrons. The van der Waals surface area contributed by atoms with Crippen LogP contribution in [0.1, 0.15) is 142 Å². The van der Waals surface area contributed by atoms with Crippen LogP contribution in [0.25, 0.3) is 0 Å². The molecule has 12 heteroatoms. The van der Waals surface area contributed by atoms with E-state index >= 15 is 0 Å². The Hall–Kier alpha value is 2.22. The predicted octanol–water partition coefficient (Wildman–Crippen LogP) is 1.84. The third-order valence-electron chi connectivity index (χ3n) is 6.08. The predicted molar refractivity (Wildman–Crippen MR) is 143 cm³/mol. The van der Waals surface area contributed by atoms with E-state index in [1.807, 2.05) is 0 Å². The summed E-state index contributed by atoms with van der Waals surface area (Å²) in [5, 5.41) is 0. The van der Waals surface area contributed by atoms with Gasteiger partial charge in [-0.25, -0.2) is 0 Å². The van der Waals surface area contributed by atoms with E-state index in [2.05, 4.69) is 22.9 Å². The molecule has 0 aromatic heterocycles. The van der Waals surface area contributed by atoms with E-state index in [9.17, 15) is 18.9 Å². The van der Waals surface area contributed by atoms with Crippen LogP contribution in [0.4, 0.5) is 0 Å². The number of unbranched alkanes of at least 4 members (excludes halogenated alkanes) is 18. The van der Waals surface area contributed by atoms with Gasteiger partial charge in [-0.05, 0) is 12.8 Å². The minimum atomic E-state index is -4.46. The van der Waals surface area contributed by atoms with Crippen LogP contribution in [-0.4, -0.2) is 26.4 Å². The molecule has 8 nitrogen and oxygen atoms in total. The van der Waals surface area contributed by atoms with Gasteiger partial charge >= 0.3 is 59.1 Å². The molecular formula is C26H54Na2O8P2. The van der Waals surface area contributed by atoms with Crippen LogP contribution in [0, 0.1) is 0 Å². The van der Waals surface area contributed by atoms with E-state index in [1.54, 1.807) is 0 Å². The first-order valence-electron chi connectivity index (χ1n) is 14.5. The summed E-state index contributed by atoms with van der Waals surface area (Å²) in [6.07, 6.45) is 22.9. The van der Waals surface area contributed by atoms with Gasteiger partial charge in [0.15, 0.2) is 0 Å². The van der Waals surface area contributed by atoms with Crippen molar-refractivity contribution >= 4 is 15.6 Å². The second-order valence-corrected chi connectivity index (χ2v) is 12.4. The first kappa shape index (κ1) is 44.7. The van der Waals surface area contributed by atoms with Gasteiger partial charge in [-0.2, -0.15) is 0 Å². The second kappa shape index (κ2) is 32.1. The van der Waals surface area contributed by atoms with Gasteiger partial charge in [0.2, 0.25) is 0 Å². The Labute approximate surface area is 278 Å². The summed E-state index contributed by atoms with van der Waals surface area (Å²) in [6.45, 7) is 3.68. The number of phosphoric acid groups is 2. The second-order valence-electron chi connectivity index (χ2n) is 9.59. The quantitative estimate of drug-likeness (QED) is 0.0724. The van der Waals surface area contributed by atoms with Crippen molar-refractivity contribution in [3.8, 4) is 0 Å². The Morgan fingerprint density at radius 3 is 0.868 bits per heavy atom. The number of hydrogen-bond acceptors (Lipinski definition) is 8. The summed E-state index contributed by atoms with van der Waals surface area (Å²) >= 11 is 0. The van der Waals surface area contributed by atoms with E-state index in [0.29, 0.717) is 12.8 Å². The van der Waals surface area contributed by atoms with E-state index in [0.717, 1.165) is 38.5 Å². The average Bonchev–Trinajstić information content (AvgIpc) is 2.84. The summed E-state index contributed by atoms with van der Waals surface area (Å²) in [6, 6.07) is 0. The van der Waals surface area contributed by atoms with Gasteiger partial charge in [-0.15, -0.1) is 0 Å². The van der Waals surface area contributed by atoms with Crippen molar-refractivity contribution in [2.75, 3.05) is 26.4 Å². The first-order valence-corrected chi connectivity index (χ1v) is 17.5. The normalized spacial score (nSPS) is 14.3. The van der Waals surface area contributed by atoms with Gasteiger partial charge in [0.05, 0.1) is 26.4 Å². The summed E-state index contributed by atoms with van der Waals surface area (Å²) in [5.74, 6) is 0. The largest absolute Gasteiger partial charge is 1.00 e. The topological polar surface area (TPSA) is 117 Å². The van der Waals surface area contributed by atoms with Crippen molar-refractivity contribution < 1.29 is 96.1 Å². The summed E-state index contributed by atoms with van der Waals surface area (Å²) in [7, 11) is -8.92. The molecule has 0 heterocycles. The Kier molecular flexibility index (Phi) is 37.8. The van der Waals surface area contributed by atoms with E-state index in [1.165, 1.54) is 77.0 Å². The molecule has 0 bridgehead atoms. The molecule has 0 aliphatic rings. The summed E-state index contributed by atoms with van der Waals surface area (Å²) in [5.41, 5.74) is 0. The molecule has 0 aliphatic heterocycles. The molecule has 0 saturated carbocycles. The number of hydrogen-bond donors (Lipinski definition) is 0. The molecular weight excluding hydrogens is 548 g/mol. The molecule has 0 spiro atoms. The van der Waals surface area contributed by atoms with Crippen LogP contribution in [0.3, 0.4) is 0 Å². The molecule has 0 aliphatic carbocycles. The zero-order chi connectivity index (χ0) is 26.8. The minimum absolute atomic E-state index is 0. The van der Waals surface area contributed by atoms with Crippen molar-refractivity contribution in [3.63, 3.8) is 0 Å². The van der Waals surface area contributed by atoms with Gasteiger partial charge in [-0.3, -0.25) is 9.13 Å². The molecule has 218 valence electrons. The molecule has 2 atom stereocenters. The van der Waals surface area contributed by atoms with Gasteiger partial charge in [0.1, 0.15) is 0 Å². The maximum atomic E-state index is 11.7. The van der Waals surface area contributed by atoms with E-state index in [-0.39, 0.29) is 72.3 Å². The van der Waals surface area contributed by atoms with Crippen LogP contribution >= 0.6 is 15.6 Å². The molecule has 0 amide bonds. The maximum Gasteiger partial charge on any atom is 1.00 e. The zero-order valence-electron chi connectivity index (χ0n) is 25.1. The fourth-order valence-electron chi connectivity index (χ4n) is 3.90. The Morgan fingerprint density at radius 2 is 0.605 bits per heavy atom. The molecule has 0 aromatic rings. The van der Waals surface area contributed by atoms with Gasteiger partial charge in [0, 0.05) is 0 Å². The molecule has 0 fully saturated rings. The number of phosphoric ester groups is 2. The van der Waals surface area contributed by atoms with Crippen LogP contribution < -0.4 is 68.9 Å². The van der Waals surface area contributed by atoms with Crippen LogP contribution in [0.5, 0.6) is 0 Å². The molecule has 0 N–H and O–H groups in total.